The summed E-state index contributed by atoms with van der Waals surface area (Å²) in [5, 5.41) is 21.1. The van der Waals surface area contributed by atoms with Crippen molar-refractivity contribution in [3.63, 3.8) is 0 Å². The number of carbonyl (C=O) groups excluding carboxylic acids is 2. The van der Waals surface area contributed by atoms with Crippen LogP contribution in [0.5, 0.6) is 0 Å². The van der Waals surface area contributed by atoms with Crippen LogP contribution in [0.15, 0.2) is 24.3 Å². The lowest BCUT2D eigenvalue weighted by Gasteiger charge is -2.22. The van der Waals surface area contributed by atoms with Gasteiger partial charge in [0.15, 0.2) is 0 Å². The number of carboxylic acid groups (broad SMARTS) is 1. The van der Waals surface area contributed by atoms with Crippen molar-refractivity contribution >= 4 is 23.2 Å². The van der Waals surface area contributed by atoms with Gasteiger partial charge in [-0.1, -0.05) is 26.0 Å². The average molecular weight is 439 g/mol. The monoisotopic (exact) mass is 438 g/mol. The third-order valence-corrected chi connectivity index (χ3v) is 6.09. The Morgan fingerprint density at radius 1 is 1.47 bits per heavy atom. The SMILES string of the molecule is CCC#CCC(C)C(O)/C=C/[C@H]1CC(F)(F)C(=O)N1CCCc1ccc(C(=O)[O-])s1. The molecule has 0 saturated carbocycles. The van der Waals surface area contributed by atoms with E-state index in [0.717, 1.165) is 27.5 Å². The highest BCUT2D eigenvalue weighted by molar-refractivity contribution is 7.13. The molecule has 5 nitrogen and oxygen atoms in total. The van der Waals surface area contributed by atoms with Gasteiger partial charge in [-0.05, 0) is 30.9 Å². The second-order valence-corrected chi connectivity index (χ2v) is 8.56. The molecule has 0 bridgehead atoms. The van der Waals surface area contributed by atoms with E-state index in [1.807, 2.05) is 13.8 Å². The van der Waals surface area contributed by atoms with Gasteiger partial charge in [0, 0.05) is 30.7 Å². The summed E-state index contributed by atoms with van der Waals surface area (Å²) in [6.45, 7) is 3.88. The Hall–Kier alpha value is -2.24. The second-order valence-electron chi connectivity index (χ2n) is 7.40. The molecule has 0 spiro atoms. The predicted molar refractivity (Wildman–Crippen MR) is 109 cm³/mol. The molecule has 2 unspecified atom stereocenters. The lowest BCUT2D eigenvalue weighted by atomic mass is 9.99. The summed E-state index contributed by atoms with van der Waals surface area (Å²) in [7, 11) is 0. The molecule has 1 aliphatic rings. The quantitative estimate of drug-likeness (QED) is 0.475. The van der Waals surface area contributed by atoms with Crippen molar-refractivity contribution in [3.8, 4) is 11.8 Å². The lowest BCUT2D eigenvalue weighted by Crippen LogP contribution is -2.36. The summed E-state index contributed by atoms with van der Waals surface area (Å²) in [5.74, 6) is -0.157. The molecule has 0 aromatic carbocycles. The highest BCUT2D eigenvalue weighted by Gasteiger charge is 2.52. The van der Waals surface area contributed by atoms with Gasteiger partial charge in [-0.3, -0.25) is 4.79 Å². The van der Waals surface area contributed by atoms with Gasteiger partial charge in [-0.25, -0.2) is 0 Å². The van der Waals surface area contributed by atoms with Gasteiger partial charge in [0.1, 0.15) is 0 Å². The van der Waals surface area contributed by atoms with Crippen LogP contribution >= 0.6 is 11.3 Å². The zero-order valence-electron chi connectivity index (χ0n) is 17.1. The Labute approximate surface area is 179 Å². The van der Waals surface area contributed by atoms with Crippen molar-refractivity contribution < 1.29 is 28.6 Å². The first-order valence-electron chi connectivity index (χ1n) is 9.96. The summed E-state index contributed by atoms with van der Waals surface area (Å²) in [4.78, 5) is 25.0. The van der Waals surface area contributed by atoms with E-state index in [1.54, 1.807) is 6.07 Å². The minimum Gasteiger partial charge on any atom is -0.544 e. The molecular formula is C22H26F2NO4S-. The number of aliphatic hydroxyl groups is 1. The van der Waals surface area contributed by atoms with Gasteiger partial charge in [-0.15, -0.1) is 23.2 Å². The van der Waals surface area contributed by atoms with E-state index in [4.69, 9.17) is 0 Å². The van der Waals surface area contributed by atoms with Crippen LogP contribution in [0, 0.1) is 17.8 Å². The maximum Gasteiger partial charge on any atom is 0.327 e. The number of aryl methyl sites for hydroxylation is 1. The normalized spacial score (nSPS) is 20.2. The molecule has 8 heteroatoms. The van der Waals surface area contributed by atoms with Gasteiger partial charge in [0.05, 0.1) is 23.0 Å². The number of aromatic carboxylic acids is 1. The summed E-state index contributed by atoms with van der Waals surface area (Å²) >= 11 is 1.08. The molecule has 1 amide bonds. The highest BCUT2D eigenvalue weighted by Crippen LogP contribution is 2.34. The summed E-state index contributed by atoms with van der Waals surface area (Å²) < 4.78 is 28.0. The molecule has 2 heterocycles. The molecular weight excluding hydrogens is 412 g/mol. The maximum atomic E-state index is 14.0. The van der Waals surface area contributed by atoms with Crippen LogP contribution in [0.25, 0.3) is 0 Å². The first-order valence-corrected chi connectivity index (χ1v) is 10.8. The van der Waals surface area contributed by atoms with E-state index < -0.39 is 36.4 Å². The number of halogens is 2. The fourth-order valence-corrected chi connectivity index (χ4v) is 4.10. The smallest absolute Gasteiger partial charge is 0.327 e. The summed E-state index contributed by atoms with van der Waals surface area (Å²) in [6, 6.07) is 2.31. The molecule has 164 valence electrons. The Morgan fingerprint density at radius 2 is 2.20 bits per heavy atom. The molecule has 3 atom stereocenters. The molecule has 1 aliphatic heterocycles. The number of hydrogen-bond acceptors (Lipinski definition) is 5. The molecule has 1 aromatic heterocycles. The largest absolute Gasteiger partial charge is 0.544 e. The zero-order chi connectivity index (χ0) is 22.3. The molecule has 0 radical (unpaired) electrons. The van der Waals surface area contributed by atoms with Crippen LogP contribution in [-0.4, -0.2) is 46.5 Å². The third kappa shape index (κ3) is 6.38. The Kier molecular flexibility index (Phi) is 8.56. The molecule has 1 fully saturated rings. The molecule has 30 heavy (non-hydrogen) atoms. The van der Waals surface area contributed by atoms with Crippen LogP contribution in [-0.2, 0) is 11.2 Å². The van der Waals surface area contributed by atoms with Crippen LogP contribution < -0.4 is 5.11 Å². The number of aliphatic hydroxyl groups excluding tert-OH is 1. The van der Waals surface area contributed by atoms with Gasteiger partial charge in [0.25, 0.3) is 5.91 Å². The molecule has 1 saturated heterocycles. The minimum absolute atomic E-state index is 0.112. The Morgan fingerprint density at radius 3 is 2.83 bits per heavy atom. The van der Waals surface area contributed by atoms with Gasteiger partial charge in [0.2, 0.25) is 0 Å². The first-order chi connectivity index (χ1) is 14.2. The number of hydrogen-bond donors (Lipinski definition) is 1. The molecule has 1 aromatic rings. The lowest BCUT2D eigenvalue weighted by molar-refractivity contribution is -0.254. The number of nitrogens with zero attached hydrogens (tertiary/aromatic N) is 1. The topological polar surface area (TPSA) is 80.7 Å². The molecule has 1 N–H and O–H groups in total. The van der Waals surface area contributed by atoms with Crippen molar-refractivity contribution in [1.82, 2.24) is 4.90 Å². The van der Waals surface area contributed by atoms with Crippen molar-refractivity contribution in [3.05, 3.63) is 34.0 Å². The Bertz CT molecular complexity index is 840. The zero-order valence-corrected chi connectivity index (χ0v) is 17.9. The summed E-state index contributed by atoms with van der Waals surface area (Å²) in [6.07, 6.45) is 3.61. The number of carboxylic acids is 1. The second kappa shape index (κ2) is 10.7. The van der Waals surface area contributed by atoms with Crippen molar-refractivity contribution in [2.24, 2.45) is 5.92 Å². The van der Waals surface area contributed by atoms with Gasteiger partial charge < -0.3 is 19.9 Å². The molecule has 0 aliphatic carbocycles. The van der Waals surface area contributed by atoms with Crippen molar-refractivity contribution in [2.75, 3.05) is 6.54 Å². The van der Waals surface area contributed by atoms with Gasteiger partial charge in [-0.2, -0.15) is 8.78 Å². The molecule has 2 rings (SSSR count). The van der Waals surface area contributed by atoms with E-state index in [-0.39, 0.29) is 17.3 Å². The van der Waals surface area contributed by atoms with Crippen LogP contribution in [0.3, 0.4) is 0 Å². The number of carbonyl (C=O) groups is 2. The van der Waals surface area contributed by atoms with E-state index in [0.29, 0.717) is 19.3 Å². The number of rotatable bonds is 9. The van der Waals surface area contributed by atoms with Gasteiger partial charge >= 0.3 is 5.92 Å². The van der Waals surface area contributed by atoms with Crippen LogP contribution in [0.2, 0.25) is 0 Å². The average Bonchev–Trinajstić information content (AvgIpc) is 3.24. The van der Waals surface area contributed by atoms with Crippen molar-refractivity contribution in [2.45, 2.75) is 64.0 Å². The van der Waals surface area contributed by atoms with Crippen molar-refractivity contribution in [1.29, 1.82) is 0 Å². The number of alkyl halides is 2. The van der Waals surface area contributed by atoms with E-state index in [1.165, 1.54) is 18.2 Å². The highest BCUT2D eigenvalue weighted by atomic mass is 32.1. The van der Waals surface area contributed by atoms with Crippen LogP contribution in [0.1, 0.15) is 54.1 Å². The summed E-state index contributed by atoms with van der Waals surface area (Å²) in [5.41, 5.74) is 0. The first kappa shape index (κ1) is 24.0. The number of likely N-dealkylation sites (tertiary alicyclic amines) is 1. The third-order valence-electron chi connectivity index (χ3n) is 4.96. The fraction of sp³-hybridized carbons (Fsp3) is 0.545. The minimum atomic E-state index is -3.43. The number of thiophene rings is 1. The van der Waals surface area contributed by atoms with E-state index >= 15 is 0 Å². The predicted octanol–water partition coefficient (Wildman–Crippen LogP) is 2.64. The van der Waals surface area contributed by atoms with Crippen LogP contribution in [0.4, 0.5) is 8.78 Å². The Balaban J connectivity index is 1.97. The maximum absolute atomic E-state index is 14.0. The van der Waals surface area contributed by atoms with E-state index in [2.05, 4.69) is 11.8 Å². The number of amides is 1. The standard InChI is InChI=1S/C22H27F2NO4S/c1-3-4-5-7-15(2)18(26)11-9-16-14-22(23,24)21(29)25(16)13-6-8-17-10-12-19(30-17)20(27)28/h9-12,15-16,18,26H,3,6-8,13-14H2,1-2H3,(H,27,28)/p-1/b11-9+/t15?,16-,18?/m0/s1. The van der Waals surface area contributed by atoms with E-state index in [9.17, 15) is 28.6 Å². The fourth-order valence-electron chi connectivity index (χ4n) is 3.22.